The summed E-state index contributed by atoms with van der Waals surface area (Å²) in [5.74, 6) is -4.73. The van der Waals surface area contributed by atoms with Crippen molar-refractivity contribution in [2.75, 3.05) is 19.6 Å². The number of aliphatic carboxylic acids is 1. The Morgan fingerprint density at radius 1 is 1.04 bits per heavy atom. The van der Waals surface area contributed by atoms with Gasteiger partial charge in [0.1, 0.15) is 17.7 Å². The molecule has 2 aliphatic rings. The number of aromatic nitrogens is 1. The van der Waals surface area contributed by atoms with Gasteiger partial charge in [0.2, 0.25) is 5.91 Å². The van der Waals surface area contributed by atoms with Gasteiger partial charge in [0.15, 0.2) is 0 Å². The SMILES string of the molecule is Cc1ccc(-c2c(C)c(C3CC3)c(F)c([C@H](CC(=O)O)NC(=O)[C@H](CC(C)C)n3cc(CCN4CCC4)c(C(F)(F)F)cc3=O)c2F)c(C)c1. The van der Waals surface area contributed by atoms with Crippen LogP contribution in [0, 0.1) is 38.3 Å². The molecule has 1 aliphatic heterocycles. The van der Waals surface area contributed by atoms with Crippen LogP contribution in [0.5, 0.6) is 0 Å². The Labute approximate surface area is 288 Å². The normalized spacial score (nSPS) is 16.3. The molecule has 1 aromatic heterocycles. The van der Waals surface area contributed by atoms with Crippen LogP contribution < -0.4 is 10.9 Å². The Bertz CT molecular complexity index is 1840. The minimum atomic E-state index is -4.81. The van der Waals surface area contributed by atoms with Crippen molar-refractivity contribution >= 4 is 11.9 Å². The third kappa shape index (κ3) is 7.95. The summed E-state index contributed by atoms with van der Waals surface area (Å²) in [6, 6.07) is 2.80. The maximum Gasteiger partial charge on any atom is 0.416 e. The van der Waals surface area contributed by atoms with Crippen molar-refractivity contribution < 1.29 is 36.6 Å². The number of hydrogen-bond donors (Lipinski definition) is 2. The van der Waals surface area contributed by atoms with Gasteiger partial charge in [-0.2, -0.15) is 13.2 Å². The fourth-order valence-electron chi connectivity index (χ4n) is 7.06. The van der Waals surface area contributed by atoms with E-state index in [0.717, 1.165) is 41.4 Å². The van der Waals surface area contributed by atoms with Crippen LogP contribution in [0.1, 0.15) is 103 Å². The molecular weight excluding hydrogens is 657 g/mol. The Hall–Kier alpha value is -4.06. The van der Waals surface area contributed by atoms with Crippen LogP contribution in [0.4, 0.5) is 22.0 Å². The van der Waals surface area contributed by atoms with E-state index >= 15 is 8.78 Å². The largest absolute Gasteiger partial charge is 0.481 e. The summed E-state index contributed by atoms with van der Waals surface area (Å²) in [5.41, 5.74) is 0.0606. The molecule has 2 heterocycles. The maximum atomic E-state index is 16.8. The zero-order valence-electron chi connectivity index (χ0n) is 29.0. The Balaban J connectivity index is 1.61. The molecule has 0 spiro atoms. The number of alkyl halides is 3. The van der Waals surface area contributed by atoms with E-state index in [4.69, 9.17) is 0 Å². The number of carbonyl (C=O) groups is 2. The van der Waals surface area contributed by atoms with Crippen molar-refractivity contribution in [1.82, 2.24) is 14.8 Å². The van der Waals surface area contributed by atoms with Gasteiger partial charge in [-0.15, -0.1) is 0 Å². The number of nitrogens with zero attached hydrogens (tertiary/aromatic N) is 2. The lowest BCUT2D eigenvalue weighted by Gasteiger charge is -2.31. The highest BCUT2D eigenvalue weighted by molar-refractivity contribution is 5.82. The van der Waals surface area contributed by atoms with Crippen LogP contribution in [-0.2, 0) is 22.2 Å². The van der Waals surface area contributed by atoms with Gasteiger partial charge in [-0.05, 0) is 106 Å². The molecule has 0 radical (unpaired) electrons. The lowest BCUT2D eigenvalue weighted by molar-refractivity contribution is -0.139. The smallest absolute Gasteiger partial charge is 0.416 e. The lowest BCUT2D eigenvalue weighted by Crippen LogP contribution is -2.41. The first kappa shape index (κ1) is 37.2. The molecule has 5 rings (SSSR count). The molecule has 2 N–H and O–H groups in total. The monoisotopic (exact) mass is 701 g/mol. The van der Waals surface area contributed by atoms with E-state index in [-0.39, 0.29) is 41.4 Å². The van der Waals surface area contributed by atoms with E-state index in [0.29, 0.717) is 36.6 Å². The molecule has 12 heteroatoms. The Kier molecular flexibility index (Phi) is 10.9. The number of aryl methyl sites for hydroxylation is 2. The van der Waals surface area contributed by atoms with E-state index < -0.39 is 64.9 Å². The van der Waals surface area contributed by atoms with Gasteiger partial charge in [0.05, 0.1) is 18.0 Å². The molecule has 1 aliphatic carbocycles. The Morgan fingerprint density at radius 2 is 1.72 bits per heavy atom. The van der Waals surface area contributed by atoms with E-state index in [1.807, 2.05) is 17.9 Å². The number of carboxylic acid groups (broad SMARTS) is 1. The van der Waals surface area contributed by atoms with Gasteiger partial charge in [-0.3, -0.25) is 14.4 Å². The summed E-state index contributed by atoms with van der Waals surface area (Å²) in [7, 11) is 0. The predicted molar refractivity (Wildman–Crippen MR) is 180 cm³/mol. The quantitative estimate of drug-likeness (QED) is 0.178. The summed E-state index contributed by atoms with van der Waals surface area (Å²) >= 11 is 0. The van der Waals surface area contributed by atoms with E-state index in [2.05, 4.69) is 5.32 Å². The van der Waals surface area contributed by atoms with Crippen LogP contribution >= 0.6 is 0 Å². The molecule has 2 fully saturated rings. The fourth-order valence-corrected chi connectivity index (χ4v) is 7.06. The molecule has 1 amide bonds. The molecule has 2 atom stereocenters. The summed E-state index contributed by atoms with van der Waals surface area (Å²) in [6.07, 6.45) is -2.39. The lowest BCUT2D eigenvalue weighted by atomic mass is 9.85. The van der Waals surface area contributed by atoms with Crippen molar-refractivity contribution in [3.8, 4) is 11.1 Å². The maximum absolute atomic E-state index is 16.8. The van der Waals surface area contributed by atoms with E-state index in [9.17, 15) is 32.7 Å². The minimum Gasteiger partial charge on any atom is -0.481 e. The number of pyridine rings is 1. The van der Waals surface area contributed by atoms with Gasteiger partial charge in [0.25, 0.3) is 5.56 Å². The average molecular weight is 702 g/mol. The standard InChI is InChI=1S/C38H44F5N3O4/c1-20(2)15-29(46-19-25(11-14-45-12-6-13-45)27(17-30(46)47)38(41,42)43)37(50)44-28(18-31(48)49)34-35(39)32(24-8-9-24)23(5)33(36(34)40)26-10-7-21(3)16-22(26)4/h7,10,16-17,19-20,24,28-29H,6,8-9,11-15,18H2,1-5H3,(H,44,50)(H,48,49)/t28-,29-/m0/s1. The zero-order chi connectivity index (χ0) is 36.7. The average Bonchev–Trinajstić information content (AvgIpc) is 3.81. The predicted octanol–water partition coefficient (Wildman–Crippen LogP) is 7.78. The van der Waals surface area contributed by atoms with Gasteiger partial charge < -0.3 is 19.9 Å². The molecule has 3 aromatic rings. The first-order valence-corrected chi connectivity index (χ1v) is 17.1. The molecule has 50 heavy (non-hydrogen) atoms. The molecule has 0 unspecified atom stereocenters. The first-order chi connectivity index (χ1) is 23.5. The number of carboxylic acids is 1. The number of halogens is 5. The third-order valence-corrected chi connectivity index (χ3v) is 9.84. The van der Waals surface area contributed by atoms with Gasteiger partial charge in [-0.1, -0.05) is 37.6 Å². The number of carbonyl (C=O) groups excluding carboxylic acids is 1. The van der Waals surface area contributed by atoms with Crippen LogP contribution in [0.2, 0.25) is 0 Å². The van der Waals surface area contributed by atoms with Crippen LogP contribution in [0.25, 0.3) is 11.1 Å². The highest BCUT2D eigenvalue weighted by Crippen LogP contribution is 2.48. The zero-order valence-corrected chi connectivity index (χ0v) is 29.0. The molecule has 0 bridgehead atoms. The highest BCUT2D eigenvalue weighted by atomic mass is 19.4. The molecule has 7 nitrogen and oxygen atoms in total. The number of hydrogen-bond acceptors (Lipinski definition) is 4. The van der Waals surface area contributed by atoms with E-state index in [1.165, 1.54) is 0 Å². The van der Waals surface area contributed by atoms with E-state index in [1.54, 1.807) is 39.8 Å². The molecule has 270 valence electrons. The van der Waals surface area contributed by atoms with Gasteiger partial charge in [0, 0.05) is 29.9 Å². The fraction of sp³-hybridized carbons (Fsp3) is 0.500. The van der Waals surface area contributed by atoms with Gasteiger partial charge in [-0.25, -0.2) is 8.78 Å². The number of benzene rings is 2. The highest BCUT2D eigenvalue weighted by Gasteiger charge is 2.39. The third-order valence-electron chi connectivity index (χ3n) is 9.84. The van der Waals surface area contributed by atoms with Crippen molar-refractivity contribution in [3.63, 3.8) is 0 Å². The van der Waals surface area contributed by atoms with Crippen molar-refractivity contribution in [1.29, 1.82) is 0 Å². The molecule has 2 aromatic carbocycles. The summed E-state index contributed by atoms with van der Waals surface area (Å²) in [5, 5.41) is 12.4. The summed E-state index contributed by atoms with van der Waals surface area (Å²) < 4.78 is 76.5. The number of rotatable bonds is 13. The van der Waals surface area contributed by atoms with Crippen molar-refractivity contribution in [2.45, 2.75) is 97.3 Å². The Morgan fingerprint density at radius 3 is 2.26 bits per heavy atom. The first-order valence-electron chi connectivity index (χ1n) is 17.1. The summed E-state index contributed by atoms with van der Waals surface area (Å²) in [4.78, 5) is 41.6. The van der Waals surface area contributed by atoms with Gasteiger partial charge >= 0.3 is 12.1 Å². The number of likely N-dealkylation sites (tertiary alicyclic amines) is 1. The second-order valence-corrected chi connectivity index (χ2v) is 14.3. The second kappa shape index (κ2) is 14.7. The van der Waals surface area contributed by atoms with Crippen LogP contribution in [-0.4, -0.2) is 46.1 Å². The van der Waals surface area contributed by atoms with Crippen LogP contribution in [0.3, 0.4) is 0 Å². The van der Waals surface area contributed by atoms with Crippen molar-refractivity contribution in [2.24, 2.45) is 5.92 Å². The molecule has 1 saturated heterocycles. The van der Waals surface area contributed by atoms with Crippen LogP contribution in [0.15, 0.2) is 35.3 Å². The molecule has 1 saturated carbocycles. The topological polar surface area (TPSA) is 91.6 Å². The van der Waals surface area contributed by atoms with Crippen molar-refractivity contribution in [3.05, 3.63) is 91.4 Å². The number of nitrogens with one attached hydrogen (secondary N) is 1. The number of amides is 1. The minimum absolute atomic E-state index is 0.0115. The second-order valence-electron chi connectivity index (χ2n) is 14.3. The summed E-state index contributed by atoms with van der Waals surface area (Å²) in [6.45, 7) is 10.7. The molecular formula is C38H44F5N3O4.